The number of aliphatic carboxylic acids is 1. The smallest absolute Gasteiger partial charge is 0.311 e. The van der Waals surface area contributed by atoms with Crippen LogP contribution >= 0.6 is 0 Å². The number of carboxylic acids is 1. The molecule has 2 rings (SSSR count). The zero-order valence-corrected chi connectivity index (χ0v) is 32.4. The van der Waals surface area contributed by atoms with E-state index in [0.29, 0.717) is 0 Å². The fourth-order valence-corrected chi connectivity index (χ4v) is 6.71. The number of aliphatic hydroxyl groups excluding tert-OH is 9. The van der Waals surface area contributed by atoms with Gasteiger partial charge in [-0.15, -0.1) is 0 Å². The van der Waals surface area contributed by atoms with Crippen molar-refractivity contribution < 1.29 is 75.2 Å². The van der Waals surface area contributed by atoms with Gasteiger partial charge in [-0.05, 0) is 39.0 Å². The van der Waals surface area contributed by atoms with Gasteiger partial charge in [0, 0.05) is 31.1 Å². The van der Waals surface area contributed by atoms with E-state index in [1.54, 1.807) is 62.5 Å². The maximum Gasteiger partial charge on any atom is 0.311 e. The lowest BCUT2D eigenvalue weighted by Crippen LogP contribution is -2.56. The first-order valence-corrected chi connectivity index (χ1v) is 19.3. The fraction of sp³-hybridized carbons (Fsp3) is 0.659. The van der Waals surface area contributed by atoms with Gasteiger partial charge in [0.1, 0.15) is 12.0 Å². The molecule has 318 valence electrons. The Balaban J connectivity index is 2.18. The van der Waals surface area contributed by atoms with E-state index >= 15 is 0 Å². The first kappa shape index (κ1) is 49.1. The predicted octanol–water partition coefficient (Wildman–Crippen LogP) is 1.09. The van der Waals surface area contributed by atoms with Crippen molar-refractivity contribution in [3.8, 4) is 0 Å². The van der Waals surface area contributed by atoms with Crippen molar-refractivity contribution in [2.45, 2.75) is 151 Å². The number of hydrogen-bond acceptors (Lipinski definition) is 14. The van der Waals surface area contributed by atoms with Crippen LogP contribution in [0.25, 0.3) is 0 Å². The molecule has 1 fully saturated rings. The van der Waals surface area contributed by atoms with Gasteiger partial charge in [0.05, 0.1) is 67.5 Å². The number of aliphatic hydroxyl groups is 10. The van der Waals surface area contributed by atoms with Crippen LogP contribution in [0.2, 0.25) is 0 Å². The summed E-state index contributed by atoms with van der Waals surface area (Å²) in [7, 11) is 0. The molecule has 0 aromatic rings. The largest absolute Gasteiger partial charge is 0.481 e. The van der Waals surface area contributed by atoms with Gasteiger partial charge in [-0.25, -0.2) is 0 Å². The maximum absolute atomic E-state index is 12.5. The van der Waals surface area contributed by atoms with Crippen LogP contribution in [0.1, 0.15) is 78.6 Å². The van der Waals surface area contributed by atoms with Crippen LogP contribution in [-0.2, 0) is 19.1 Å². The summed E-state index contributed by atoms with van der Waals surface area (Å²) in [6, 6.07) is 0. The molecule has 1 saturated heterocycles. The summed E-state index contributed by atoms with van der Waals surface area (Å²) in [5, 5.41) is 116. The number of rotatable bonds is 1. The molecule has 15 nitrogen and oxygen atoms in total. The Labute approximate surface area is 328 Å². The van der Waals surface area contributed by atoms with Gasteiger partial charge in [-0.2, -0.15) is 0 Å². The minimum Gasteiger partial charge on any atom is -0.481 e. The summed E-state index contributed by atoms with van der Waals surface area (Å²) in [6.07, 6.45) is 3.74. The van der Waals surface area contributed by atoms with E-state index in [2.05, 4.69) is 0 Å². The molecule has 0 spiro atoms. The average Bonchev–Trinajstić information content (AvgIpc) is 3.09. The lowest BCUT2D eigenvalue weighted by atomic mass is 9.82. The Kier molecular flexibility index (Phi) is 21.6. The topological polar surface area (TPSA) is 275 Å². The van der Waals surface area contributed by atoms with Crippen LogP contribution in [-0.4, -0.2) is 141 Å². The molecule has 15 heteroatoms. The molecule has 0 aromatic heterocycles. The number of carbonyl (C=O) groups excluding carboxylic acids is 1. The molecule has 11 N–H and O–H groups in total. The first-order valence-electron chi connectivity index (χ1n) is 19.3. The molecule has 0 saturated carbocycles. The summed E-state index contributed by atoms with van der Waals surface area (Å²) < 4.78 is 11.1. The third-order valence-electron chi connectivity index (χ3n) is 10.1. The molecular formula is C41H64O15. The molecule has 2 heterocycles. The predicted molar refractivity (Wildman–Crippen MR) is 205 cm³/mol. The Morgan fingerprint density at radius 2 is 1.25 bits per heavy atom. The third-order valence-corrected chi connectivity index (χ3v) is 10.1. The Hall–Kier alpha value is -3.06. The second-order valence-electron chi connectivity index (χ2n) is 15.2. The van der Waals surface area contributed by atoms with Crippen LogP contribution in [0, 0.1) is 17.8 Å². The van der Waals surface area contributed by atoms with E-state index in [1.807, 2.05) is 13.0 Å². The van der Waals surface area contributed by atoms with Crippen molar-refractivity contribution in [2.24, 2.45) is 17.8 Å². The van der Waals surface area contributed by atoms with Crippen molar-refractivity contribution in [1.82, 2.24) is 0 Å². The molecule has 2 bridgehead atoms. The molecule has 2 aliphatic rings. The van der Waals surface area contributed by atoms with E-state index in [4.69, 9.17) is 9.47 Å². The minimum absolute atomic E-state index is 0.113. The number of allylic oxidation sites excluding steroid dienone is 8. The highest BCUT2D eigenvalue weighted by Crippen LogP contribution is 2.37. The number of cyclic esters (lactones) is 1. The lowest BCUT2D eigenvalue weighted by molar-refractivity contribution is -0.302. The second kappa shape index (κ2) is 24.7. The van der Waals surface area contributed by atoms with Gasteiger partial charge in [0.25, 0.3) is 0 Å². The van der Waals surface area contributed by atoms with Gasteiger partial charge in [-0.3, -0.25) is 9.59 Å². The molecular weight excluding hydrogens is 732 g/mol. The first-order chi connectivity index (χ1) is 26.3. The molecule has 0 radical (unpaired) electrons. The van der Waals surface area contributed by atoms with Crippen LogP contribution in [0.15, 0.2) is 72.9 Å². The second-order valence-corrected chi connectivity index (χ2v) is 15.2. The van der Waals surface area contributed by atoms with E-state index in [-0.39, 0.29) is 44.4 Å². The quantitative estimate of drug-likeness (QED) is 0.131. The van der Waals surface area contributed by atoms with E-state index in [9.17, 15) is 65.8 Å². The average molecular weight is 797 g/mol. The molecule has 0 aromatic carbocycles. The number of fused-ring (bicyclic) bond motifs is 2. The van der Waals surface area contributed by atoms with Crippen LogP contribution < -0.4 is 0 Å². The molecule has 0 amide bonds. The van der Waals surface area contributed by atoms with Crippen LogP contribution in [0.4, 0.5) is 0 Å². The summed E-state index contributed by atoms with van der Waals surface area (Å²) >= 11 is 0. The molecule has 56 heavy (non-hydrogen) atoms. The van der Waals surface area contributed by atoms with Crippen molar-refractivity contribution in [2.75, 3.05) is 0 Å². The lowest BCUT2D eigenvalue weighted by Gasteiger charge is -2.44. The van der Waals surface area contributed by atoms with E-state index in [0.717, 1.165) is 0 Å². The van der Waals surface area contributed by atoms with E-state index < -0.39 is 116 Å². The van der Waals surface area contributed by atoms with Gasteiger partial charge in [0.2, 0.25) is 0 Å². The third kappa shape index (κ3) is 18.0. The highest BCUT2D eigenvalue weighted by molar-refractivity contribution is 5.71. The number of ether oxygens (including phenoxy) is 2. The van der Waals surface area contributed by atoms with Gasteiger partial charge < -0.3 is 65.6 Å². The Morgan fingerprint density at radius 1 is 0.679 bits per heavy atom. The molecule has 15 atom stereocenters. The zero-order chi connectivity index (χ0) is 42.0. The number of carboxylic acid groups (broad SMARTS) is 1. The standard InChI is InChI=1S/C41H64O15/c1-25-13-10-8-6-4-5-7-9-11-14-28(42)15-12-16-29(43)21-36-38(40(52)53)35(49)24-41(54,56-36)23-34(48)33(47)18-17-30(44)19-31(45)20-32(46)22-37(50)55-27(3)26(2)39(25)51/h4-14,16,25-36,38-39,42-49,51,54H,15,17-24H2,1-3H3,(H,52,53)/b5-4+,8-6+,9-7-,13-10-,14-11-,16-12-/t25-,26-,27-,28?,29-,30+,31+,32+,33+,34+,35-,36?,38+,39+,41+/m0/s1. The summed E-state index contributed by atoms with van der Waals surface area (Å²) in [5.74, 6) is -6.70. The highest BCUT2D eigenvalue weighted by Gasteiger charge is 2.50. The number of hydrogen-bond donors (Lipinski definition) is 11. The Morgan fingerprint density at radius 3 is 1.88 bits per heavy atom. The van der Waals surface area contributed by atoms with Crippen LogP contribution in [0.5, 0.6) is 0 Å². The zero-order valence-electron chi connectivity index (χ0n) is 32.4. The Bertz CT molecular complexity index is 1360. The molecule has 2 unspecified atom stereocenters. The number of esters is 1. The van der Waals surface area contributed by atoms with Crippen molar-refractivity contribution in [3.63, 3.8) is 0 Å². The summed E-state index contributed by atoms with van der Waals surface area (Å²) in [4.78, 5) is 24.5. The van der Waals surface area contributed by atoms with Crippen molar-refractivity contribution in [1.29, 1.82) is 0 Å². The van der Waals surface area contributed by atoms with Crippen molar-refractivity contribution >= 4 is 11.9 Å². The van der Waals surface area contributed by atoms with Gasteiger partial charge >= 0.3 is 11.9 Å². The number of carbonyl (C=O) groups is 2. The van der Waals surface area contributed by atoms with Gasteiger partial charge in [-0.1, -0.05) is 86.8 Å². The van der Waals surface area contributed by atoms with Crippen LogP contribution in [0.3, 0.4) is 0 Å². The van der Waals surface area contributed by atoms with Crippen molar-refractivity contribution in [3.05, 3.63) is 72.9 Å². The van der Waals surface area contributed by atoms with E-state index in [1.165, 1.54) is 18.2 Å². The monoisotopic (exact) mass is 796 g/mol. The normalized spacial score (nSPS) is 43.6. The fourth-order valence-electron chi connectivity index (χ4n) is 6.71. The minimum atomic E-state index is -2.29. The highest BCUT2D eigenvalue weighted by atomic mass is 16.6. The SMILES string of the molecule is C[C@@H]1[C@H](O)[C@@H](C)\C=C/C=C/C=C/C=C\C=C/C(O)C/C=C\[C@H](O)CC2O[C@](O)(C[C@@H](O)[C@H](O)CC[C@@H](O)C[C@@H](O)C[C@@H](O)CC(=O)O[C@H]1C)C[C@H](O)[C@H]2C(=O)O. The summed E-state index contributed by atoms with van der Waals surface area (Å²) in [6.45, 7) is 5.20. The summed E-state index contributed by atoms with van der Waals surface area (Å²) in [5.41, 5.74) is 0. The molecule has 0 aliphatic carbocycles. The van der Waals surface area contributed by atoms with Gasteiger partial charge in [0.15, 0.2) is 5.79 Å². The molecule has 2 aliphatic heterocycles. The maximum atomic E-state index is 12.5.